The third-order valence-electron chi connectivity index (χ3n) is 1.76. The van der Waals surface area contributed by atoms with E-state index in [1.807, 2.05) is 0 Å². The molecule has 0 heterocycles. The smallest absolute Gasteiger partial charge is 0.550 e. The molecule has 11 nitrogen and oxygen atoms in total. The molecular weight excluding hydrogens is 440 g/mol. The van der Waals surface area contributed by atoms with Crippen molar-refractivity contribution < 1.29 is 75.3 Å². The molecule has 30 heavy (non-hydrogen) atoms. The van der Waals surface area contributed by atoms with E-state index in [0.717, 1.165) is 0 Å². The van der Waals surface area contributed by atoms with Gasteiger partial charge in [0, 0.05) is 42.7 Å². The van der Waals surface area contributed by atoms with Crippen molar-refractivity contribution in [1.29, 1.82) is 0 Å². The van der Waals surface area contributed by atoms with Crippen LogP contribution in [0.2, 0.25) is 0 Å². The van der Waals surface area contributed by atoms with Crippen molar-refractivity contribution in [2.24, 2.45) is 0 Å². The number of esters is 1. The van der Waals surface area contributed by atoms with Gasteiger partial charge in [0.25, 0.3) is 0 Å². The van der Waals surface area contributed by atoms with Gasteiger partial charge in [-0.05, 0) is 34.3 Å². The molecule has 0 aromatic carbocycles. The minimum absolute atomic E-state index is 0. The number of aliphatic carboxylic acids is 3. The zero-order valence-corrected chi connectivity index (χ0v) is 18.8. The fourth-order valence-corrected chi connectivity index (χ4v) is 0.826. The number of ketones is 3. The third kappa shape index (κ3) is 56.2. The first-order valence-electron chi connectivity index (χ1n) is 7.76. The Morgan fingerprint density at radius 3 is 0.967 bits per heavy atom. The van der Waals surface area contributed by atoms with Crippen LogP contribution < -0.4 is 15.3 Å². The van der Waals surface area contributed by atoms with E-state index >= 15 is 0 Å². The molecule has 0 saturated carbocycles. The molecule has 0 aliphatic rings. The molecule has 0 radical (unpaired) electrons. The van der Waals surface area contributed by atoms with Crippen molar-refractivity contribution in [3.63, 3.8) is 0 Å². The summed E-state index contributed by atoms with van der Waals surface area (Å²) < 4.78 is 4.45. The summed E-state index contributed by atoms with van der Waals surface area (Å²) in [5.74, 6) is -5.44. The Bertz CT molecular complexity index is 511. The summed E-state index contributed by atoms with van der Waals surface area (Å²) in [6, 6.07) is 0. The number of hydrogen-bond donors (Lipinski definition) is 0. The van der Waals surface area contributed by atoms with Crippen LogP contribution in [0.4, 0.5) is 0 Å². The van der Waals surface area contributed by atoms with Gasteiger partial charge in [0.15, 0.2) is 0 Å². The van der Waals surface area contributed by atoms with E-state index in [1.165, 1.54) is 20.8 Å². The first-order chi connectivity index (χ1) is 13.1. The van der Waals surface area contributed by atoms with Gasteiger partial charge in [-0.1, -0.05) is 6.58 Å². The van der Waals surface area contributed by atoms with Gasteiger partial charge in [0.2, 0.25) is 0 Å². The molecule has 0 bridgehead atoms. The molecule has 166 valence electrons. The van der Waals surface area contributed by atoms with Gasteiger partial charge >= 0.3 is 27.7 Å². The minimum Gasteiger partial charge on any atom is -0.550 e. The van der Waals surface area contributed by atoms with Gasteiger partial charge in [0.05, 0.1) is 0 Å². The average Bonchev–Trinajstić information content (AvgIpc) is 2.44. The van der Waals surface area contributed by atoms with E-state index in [4.69, 9.17) is 0 Å². The molecule has 0 atom stereocenters. The van der Waals surface area contributed by atoms with Gasteiger partial charge in [-0.3, -0.25) is 14.4 Å². The molecule has 0 fully saturated rings. The summed E-state index contributed by atoms with van der Waals surface area (Å²) in [6.45, 7) is 12.1. The van der Waals surface area contributed by atoms with Gasteiger partial charge < -0.3 is 41.4 Å². The zero-order valence-electron chi connectivity index (χ0n) is 17.2. The van der Waals surface area contributed by atoms with E-state index in [1.54, 1.807) is 6.92 Å². The zero-order chi connectivity index (χ0) is 24.2. The molecule has 0 aromatic rings. The number of ether oxygens (including phenoxy) is 1. The van der Waals surface area contributed by atoms with Crippen LogP contribution >= 0.6 is 0 Å². The molecule has 0 aliphatic heterocycles. The van der Waals surface area contributed by atoms with Crippen molar-refractivity contribution >= 4 is 41.2 Å². The first kappa shape index (κ1) is 38.0. The Morgan fingerprint density at radius 2 is 0.933 bits per heavy atom. The van der Waals surface area contributed by atoms with Crippen LogP contribution in [-0.2, 0) is 60.0 Å². The van der Waals surface area contributed by atoms with Crippen LogP contribution in [0.5, 0.6) is 0 Å². The predicted molar refractivity (Wildman–Crippen MR) is 92.0 cm³/mol. The number of carbonyl (C=O) groups excluding carboxylic acids is 7. The summed E-state index contributed by atoms with van der Waals surface area (Å²) in [6.07, 6.45) is -1.42. The Balaban J connectivity index is -0.0000000917. The second-order valence-corrected chi connectivity index (χ2v) is 5.17. The summed E-state index contributed by atoms with van der Waals surface area (Å²) >= 11 is 0. The van der Waals surface area contributed by atoms with Crippen molar-refractivity contribution in [1.82, 2.24) is 0 Å². The van der Waals surface area contributed by atoms with Gasteiger partial charge in [-0.2, -0.15) is 0 Å². The molecule has 0 rings (SSSR count). The second-order valence-electron chi connectivity index (χ2n) is 5.17. The van der Waals surface area contributed by atoms with Crippen LogP contribution in [0, 0.1) is 6.92 Å². The van der Waals surface area contributed by atoms with Crippen molar-refractivity contribution in [3.05, 3.63) is 19.1 Å². The molecule has 12 heteroatoms. The largest absolute Gasteiger partial charge is 4.00 e. The van der Waals surface area contributed by atoms with E-state index in [0.29, 0.717) is 5.57 Å². The summed E-state index contributed by atoms with van der Waals surface area (Å²) in [5, 5.41) is 28.4. The van der Waals surface area contributed by atoms with Crippen molar-refractivity contribution in [2.75, 3.05) is 6.61 Å². The molecular formula is C18H24O11Ti. The van der Waals surface area contributed by atoms with Gasteiger partial charge in [0.1, 0.15) is 17.3 Å². The van der Waals surface area contributed by atoms with Crippen molar-refractivity contribution in [2.45, 2.75) is 47.0 Å². The Morgan fingerprint density at radius 1 is 0.700 bits per heavy atom. The normalized spacial score (nSPS) is 7.90. The molecule has 0 aromatic heterocycles. The molecule has 0 saturated heterocycles. The number of Topliss-reactive ketones (excluding diaryl/α,β-unsaturated/α-hetero) is 3. The van der Waals surface area contributed by atoms with E-state index in [2.05, 4.69) is 18.2 Å². The standard InChI is InChI=1S/C6H9O2.3C4H6O3.Ti/c1-4-8-6(7)5(2)3;3*1-3(5)2-4(6)7;/h1-2,4H2,3H3;3*2H2,1H3,(H,6,7);/q-1;;;;+4/p-3. The maximum atomic E-state index is 10.4. The maximum absolute atomic E-state index is 10.4. The summed E-state index contributed by atoms with van der Waals surface area (Å²) in [7, 11) is 0. The van der Waals surface area contributed by atoms with E-state index in [9.17, 15) is 48.9 Å². The average molecular weight is 464 g/mol. The summed E-state index contributed by atoms with van der Waals surface area (Å²) in [4.78, 5) is 68.3. The van der Waals surface area contributed by atoms with E-state index < -0.39 is 37.2 Å². The van der Waals surface area contributed by atoms with Crippen molar-refractivity contribution in [3.8, 4) is 0 Å². The molecule has 0 spiro atoms. The second kappa shape index (κ2) is 24.4. The number of hydrogen-bond acceptors (Lipinski definition) is 11. The van der Waals surface area contributed by atoms with Crippen LogP contribution in [0.15, 0.2) is 12.2 Å². The van der Waals surface area contributed by atoms with Crippen LogP contribution in [-0.4, -0.2) is 47.8 Å². The molecule has 0 aliphatic carbocycles. The minimum atomic E-state index is -1.31. The van der Waals surface area contributed by atoms with Crippen LogP contribution in [0.3, 0.4) is 0 Å². The Kier molecular flexibility index (Phi) is 30.9. The monoisotopic (exact) mass is 464 g/mol. The summed E-state index contributed by atoms with van der Waals surface area (Å²) in [5.41, 5.74) is 0.411. The molecule has 0 unspecified atom stereocenters. The third-order valence-corrected chi connectivity index (χ3v) is 1.76. The van der Waals surface area contributed by atoms with E-state index in [-0.39, 0.29) is 51.6 Å². The van der Waals surface area contributed by atoms with Gasteiger partial charge in [-0.25, -0.2) is 4.79 Å². The predicted octanol–water partition coefficient (Wildman–Crippen LogP) is -2.92. The number of carboxylic acid groups (broad SMARTS) is 3. The van der Waals surface area contributed by atoms with Crippen LogP contribution in [0.25, 0.3) is 0 Å². The number of carboxylic acids is 3. The fraction of sp³-hybridized carbons (Fsp3) is 0.444. The molecule has 0 amide bonds. The van der Waals surface area contributed by atoms with Gasteiger partial charge in [-0.15, -0.1) is 0 Å². The van der Waals surface area contributed by atoms with Crippen LogP contribution in [0.1, 0.15) is 47.0 Å². The Hall–Kier alpha value is -2.66. The first-order valence-corrected chi connectivity index (χ1v) is 7.76. The SMILES string of the molecule is C=C(C)C(=O)OC[CH2-].CC(=O)CC(=O)[O-].CC(=O)CC(=O)[O-].CC(=O)CC(=O)[O-].[Ti+4]. The maximum Gasteiger partial charge on any atom is 4.00 e. The number of carbonyl (C=O) groups is 7. The topological polar surface area (TPSA) is 198 Å². The molecule has 0 N–H and O–H groups in total. The fourth-order valence-electron chi connectivity index (χ4n) is 0.826. The quantitative estimate of drug-likeness (QED) is 0.117. The number of rotatable bonds is 8. The Labute approximate surface area is 189 Å².